The zero-order valence-corrected chi connectivity index (χ0v) is 9.89. The summed E-state index contributed by atoms with van der Waals surface area (Å²) in [6, 6.07) is 6.48. The van der Waals surface area contributed by atoms with E-state index in [9.17, 15) is 0 Å². The van der Waals surface area contributed by atoms with E-state index < -0.39 is 0 Å². The van der Waals surface area contributed by atoms with Crippen LogP contribution in [0.1, 0.15) is 14.0 Å². The van der Waals surface area contributed by atoms with Crippen LogP contribution in [0.3, 0.4) is 0 Å². The minimum Gasteiger partial charge on any atom is -1.00 e. The molecule has 0 N–H and O–H groups in total. The Kier molecular flexibility index (Phi) is 4.89. The normalized spacial score (nSPS) is 8.70. The van der Waals surface area contributed by atoms with Gasteiger partial charge in [0, 0.05) is 3.57 Å². The van der Waals surface area contributed by atoms with E-state index in [1.54, 1.807) is 0 Å². The second kappa shape index (κ2) is 4.56. The molecule has 0 atom stereocenters. The molecular formula is C8H11IMg. The molecule has 0 saturated heterocycles. The summed E-state index contributed by atoms with van der Waals surface area (Å²) < 4.78 is 1.35. The third-order valence-electron chi connectivity index (χ3n) is 1.33. The van der Waals surface area contributed by atoms with Gasteiger partial charge in [-0.15, -0.1) is 0 Å². The molecule has 1 aromatic rings. The Hall–Kier alpha value is 0.716. The minimum atomic E-state index is 0. The molecule has 1 aromatic carbocycles. The van der Waals surface area contributed by atoms with Gasteiger partial charge in [-0.25, -0.2) is 0 Å². The maximum absolute atomic E-state index is 2.35. The summed E-state index contributed by atoms with van der Waals surface area (Å²) in [6.07, 6.45) is 0. The molecule has 0 aromatic heterocycles. The SMILES string of the molecule is Cc1ccc(C)c(I)c1.[H-].[H-].[Mg+2]. The maximum Gasteiger partial charge on any atom is 2.00 e. The van der Waals surface area contributed by atoms with Gasteiger partial charge < -0.3 is 2.85 Å². The molecule has 0 unspecified atom stereocenters. The average Bonchev–Trinajstić information content (AvgIpc) is 1.80. The first kappa shape index (κ1) is 10.7. The molecular weight excluding hydrogens is 247 g/mol. The van der Waals surface area contributed by atoms with E-state index in [0.29, 0.717) is 0 Å². The largest absolute Gasteiger partial charge is 2.00 e. The van der Waals surface area contributed by atoms with Crippen LogP contribution < -0.4 is 0 Å². The van der Waals surface area contributed by atoms with Crippen molar-refractivity contribution in [1.29, 1.82) is 0 Å². The second-order valence-corrected chi connectivity index (χ2v) is 3.41. The van der Waals surface area contributed by atoms with E-state index in [1.165, 1.54) is 14.7 Å². The van der Waals surface area contributed by atoms with Crippen molar-refractivity contribution < 1.29 is 2.85 Å². The molecule has 0 aliphatic carbocycles. The first-order valence-electron chi connectivity index (χ1n) is 2.93. The fraction of sp³-hybridized carbons (Fsp3) is 0.250. The molecule has 0 bridgehead atoms. The summed E-state index contributed by atoms with van der Waals surface area (Å²) in [6.45, 7) is 4.24. The molecule has 10 heavy (non-hydrogen) atoms. The number of hydrogen-bond acceptors (Lipinski definition) is 0. The van der Waals surface area contributed by atoms with Crippen LogP contribution in [0.5, 0.6) is 0 Å². The average molecular weight is 258 g/mol. The van der Waals surface area contributed by atoms with Gasteiger partial charge in [-0.1, -0.05) is 17.7 Å². The van der Waals surface area contributed by atoms with E-state index in [1.807, 2.05) is 0 Å². The summed E-state index contributed by atoms with van der Waals surface area (Å²) in [5.41, 5.74) is 2.70. The number of halogens is 1. The van der Waals surface area contributed by atoms with Crippen LogP contribution in [0.4, 0.5) is 0 Å². The topological polar surface area (TPSA) is 0 Å². The minimum absolute atomic E-state index is 0. The van der Waals surface area contributed by atoms with Crippen LogP contribution in [-0.2, 0) is 0 Å². The van der Waals surface area contributed by atoms with Crippen molar-refractivity contribution in [2.45, 2.75) is 13.8 Å². The summed E-state index contributed by atoms with van der Waals surface area (Å²) in [5.74, 6) is 0. The molecule has 0 nitrogen and oxygen atoms in total. The van der Waals surface area contributed by atoms with Crippen molar-refractivity contribution in [2.75, 3.05) is 0 Å². The fourth-order valence-corrected chi connectivity index (χ4v) is 1.37. The Bertz CT molecular complexity index is 228. The Morgan fingerprint density at radius 2 is 1.90 bits per heavy atom. The van der Waals surface area contributed by atoms with Crippen molar-refractivity contribution in [3.05, 3.63) is 32.9 Å². The van der Waals surface area contributed by atoms with Crippen LogP contribution in [0.15, 0.2) is 18.2 Å². The van der Waals surface area contributed by atoms with E-state index in [4.69, 9.17) is 0 Å². The number of benzene rings is 1. The van der Waals surface area contributed by atoms with Crippen LogP contribution in [0.25, 0.3) is 0 Å². The van der Waals surface area contributed by atoms with Crippen molar-refractivity contribution in [2.24, 2.45) is 0 Å². The molecule has 0 amide bonds. The molecule has 0 aliphatic heterocycles. The zero-order chi connectivity index (χ0) is 6.85. The van der Waals surface area contributed by atoms with Crippen LogP contribution in [0.2, 0.25) is 0 Å². The van der Waals surface area contributed by atoms with Crippen molar-refractivity contribution >= 4 is 45.6 Å². The predicted molar refractivity (Wildman–Crippen MR) is 56.6 cm³/mol. The van der Waals surface area contributed by atoms with Crippen LogP contribution in [-0.4, -0.2) is 23.1 Å². The quantitative estimate of drug-likeness (QED) is 0.496. The number of hydrogen-bond donors (Lipinski definition) is 0. The van der Waals surface area contributed by atoms with Gasteiger partial charge in [-0.3, -0.25) is 0 Å². The van der Waals surface area contributed by atoms with E-state index in [2.05, 4.69) is 54.6 Å². The molecule has 52 valence electrons. The molecule has 0 fully saturated rings. The zero-order valence-electron chi connectivity index (χ0n) is 8.32. The van der Waals surface area contributed by atoms with Gasteiger partial charge in [-0.2, -0.15) is 0 Å². The van der Waals surface area contributed by atoms with Gasteiger partial charge in [0.05, 0.1) is 0 Å². The Balaban J connectivity index is -0.000000270. The molecule has 0 aliphatic rings. The van der Waals surface area contributed by atoms with Crippen LogP contribution in [0, 0.1) is 17.4 Å². The molecule has 2 heteroatoms. The van der Waals surface area contributed by atoms with E-state index >= 15 is 0 Å². The van der Waals surface area contributed by atoms with Gasteiger partial charge in [0.2, 0.25) is 0 Å². The summed E-state index contributed by atoms with van der Waals surface area (Å²) in [7, 11) is 0. The first-order chi connectivity index (χ1) is 4.20. The molecule has 0 radical (unpaired) electrons. The Morgan fingerprint density at radius 1 is 1.30 bits per heavy atom. The van der Waals surface area contributed by atoms with E-state index in [-0.39, 0.29) is 25.9 Å². The van der Waals surface area contributed by atoms with Crippen molar-refractivity contribution in [1.82, 2.24) is 0 Å². The van der Waals surface area contributed by atoms with Gasteiger partial charge >= 0.3 is 23.1 Å². The van der Waals surface area contributed by atoms with Gasteiger partial charge in [0.25, 0.3) is 0 Å². The van der Waals surface area contributed by atoms with Gasteiger partial charge in [0.1, 0.15) is 0 Å². The Morgan fingerprint density at radius 3 is 2.30 bits per heavy atom. The smallest absolute Gasteiger partial charge is 1.00 e. The summed E-state index contributed by atoms with van der Waals surface area (Å²) in [4.78, 5) is 0. The standard InChI is InChI=1S/C8H9I.Mg.2H/c1-6-3-4-7(2)8(9)5-6;;;/h3-5H,1-2H3;;;/q;+2;2*-1. The summed E-state index contributed by atoms with van der Waals surface area (Å²) >= 11 is 2.35. The van der Waals surface area contributed by atoms with Crippen molar-refractivity contribution in [3.63, 3.8) is 0 Å². The fourth-order valence-electron chi connectivity index (χ4n) is 0.698. The monoisotopic (exact) mass is 258 g/mol. The molecule has 0 saturated carbocycles. The second-order valence-electron chi connectivity index (χ2n) is 2.25. The maximum atomic E-state index is 2.35. The Labute approximate surface area is 94.7 Å². The first-order valence-corrected chi connectivity index (χ1v) is 4.01. The van der Waals surface area contributed by atoms with Gasteiger partial charge in [0.15, 0.2) is 0 Å². The van der Waals surface area contributed by atoms with Crippen LogP contribution >= 0.6 is 22.6 Å². The van der Waals surface area contributed by atoms with Crippen molar-refractivity contribution in [3.8, 4) is 0 Å². The predicted octanol–water partition coefficient (Wildman–Crippen LogP) is 2.75. The molecule has 1 rings (SSSR count). The number of rotatable bonds is 0. The molecule has 0 heterocycles. The molecule has 0 spiro atoms. The van der Waals surface area contributed by atoms with E-state index in [0.717, 1.165) is 0 Å². The van der Waals surface area contributed by atoms with Gasteiger partial charge in [-0.05, 0) is 48.1 Å². The third kappa shape index (κ3) is 2.76. The third-order valence-corrected chi connectivity index (χ3v) is 2.49. The summed E-state index contributed by atoms with van der Waals surface area (Å²) in [5, 5.41) is 0. The number of aryl methyl sites for hydroxylation is 2.